The first-order valence-corrected chi connectivity index (χ1v) is 6.51. The molecule has 0 saturated carbocycles. The van der Waals surface area contributed by atoms with Crippen LogP contribution in [0, 0.1) is 17.5 Å². The fraction of sp³-hybridized carbons (Fsp3) is 0.250. The maximum Gasteiger partial charge on any atom is 0.194 e. The highest BCUT2D eigenvalue weighted by atomic mass is 19.2. The van der Waals surface area contributed by atoms with E-state index in [9.17, 15) is 18.3 Å². The zero-order chi connectivity index (χ0) is 15.2. The second-order valence-electron chi connectivity index (χ2n) is 5.11. The van der Waals surface area contributed by atoms with Crippen LogP contribution >= 0.6 is 0 Å². The lowest BCUT2D eigenvalue weighted by Crippen LogP contribution is -2.26. The molecule has 3 rings (SSSR count). The first kappa shape index (κ1) is 13.9. The Morgan fingerprint density at radius 1 is 1.05 bits per heavy atom. The van der Waals surface area contributed by atoms with E-state index in [-0.39, 0.29) is 12.0 Å². The molecule has 2 aromatic carbocycles. The molecule has 110 valence electrons. The van der Waals surface area contributed by atoms with Crippen LogP contribution < -0.4 is 4.74 Å². The minimum atomic E-state index is -1.68. The normalized spacial score (nSPS) is 20.4. The van der Waals surface area contributed by atoms with Crippen molar-refractivity contribution >= 4 is 0 Å². The SMILES string of the molecule is COc1ccc2c(c1)C(O)(c1ccc(F)c(F)c1F)CC2. The van der Waals surface area contributed by atoms with E-state index in [1.54, 1.807) is 18.2 Å². The second-order valence-corrected chi connectivity index (χ2v) is 5.11. The average molecular weight is 294 g/mol. The third-order valence-corrected chi connectivity index (χ3v) is 4.00. The molecule has 0 aliphatic heterocycles. The van der Waals surface area contributed by atoms with Crippen molar-refractivity contribution in [3.8, 4) is 5.75 Å². The van der Waals surface area contributed by atoms with Crippen LogP contribution in [0.1, 0.15) is 23.1 Å². The summed E-state index contributed by atoms with van der Waals surface area (Å²) in [7, 11) is 1.48. The molecule has 1 N–H and O–H groups in total. The van der Waals surface area contributed by atoms with E-state index in [2.05, 4.69) is 0 Å². The summed E-state index contributed by atoms with van der Waals surface area (Å²) in [5.41, 5.74) is -0.634. The van der Waals surface area contributed by atoms with Crippen molar-refractivity contribution in [1.82, 2.24) is 0 Å². The van der Waals surface area contributed by atoms with Crippen LogP contribution in [0.15, 0.2) is 30.3 Å². The molecular weight excluding hydrogens is 281 g/mol. The predicted octanol–water partition coefficient (Wildman–Crippen LogP) is 3.29. The van der Waals surface area contributed by atoms with Gasteiger partial charge in [0.2, 0.25) is 0 Å². The van der Waals surface area contributed by atoms with Crippen LogP contribution in [-0.4, -0.2) is 12.2 Å². The van der Waals surface area contributed by atoms with E-state index in [0.717, 1.165) is 17.7 Å². The molecule has 0 saturated heterocycles. The van der Waals surface area contributed by atoms with Gasteiger partial charge in [-0.15, -0.1) is 0 Å². The van der Waals surface area contributed by atoms with Crippen molar-refractivity contribution in [2.45, 2.75) is 18.4 Å². The van der Waals surface area contributed by atoms with Crippen LogP contribution in [0.5, 0.6) is 5.75 Å². The highest BCUT2D eigenvalue weighted by molar-refractivity contribution is 5.49. The van der Waals surface area contributed by atoms with Crippen molar-refractivity contribution in [3.05, 3.63) is 64.5 Å². The summed E-state index contributed by atoms with van der Waals surface area (Å²) in [5, 5.41) is 10.8. The number of ether oxygens (including phenoxy) is 1. The third kappa shape index (κ3) is 2.00. The number of hydrogen-bond acceptors (Lipinski definition) is 2. The van der Waals surface area contributed by atoms with Crippen LogP contribution in [-0.2, 0) is 12.0 Å². The first-order valence-electron chi connectivity index (χ1n) is 6.51. The predicted molar refractivity (Wildman–Crippen MR) is 70.6 cm³/mol. The Balaban J connectivity index is 2.19. The van der Waals surface area contributed by atoms with Gasteiger partial charge in [-0.1, -0.05) is 6.07 Å². The van der Waals surface area contributed by atoms with E-state index >= 15 is 0 Å². The van der Waals surface area contributed by atoms with Crippen LogP contribution in [0.25, 0.3) is 0 Å². The topological polar surface area (TPSA) is 29.5 Å². The number of benzene rings is 2. The molecular formula is C16H13F3O2. The Labute approximate surface area is 119 Å². The van der Waals surface area contributed by atoms with Crippen molar-refractivity contribution in [1.29, 1.82) is 0 Å². The molecule has 1 aliphatic carbocycles. The number of aliphatic hydroxyl groups is 1. The Kier molecular flexibility index (Phi) is 3.17. The van der Waals surface area contributed by atoms with Gasteiger partial charge in [0.1, 0.15) is 11.4 Å². The lowest BCUT2D eigenvalue weighted by molar-refractivity contribution is 0.0776. The van der Waals surface area contributed by atoms with E-state index in [1.165, 1.54) is 7.11 Å². The van der Waals surface area contributed by atoms with Gasteiger partial charge in [-0.2, -0.15) is 0 Å². The largest absolute Gasteiger partial charge is 0.497 e. The Bertz CT molecular complexity index is 715. The van der Waals surface area contributed by atoms with Gasteiger partial charge in [-0.05, 0) is 48.2 Å². The summed E-state index contributed by atoms with van der Waals surface area (Å²) in [6.45, 7) is 0. The van der Waals surface area contributed by atoms with Crippen LogP contribution in [0.4, 0.5) is 13.2 Å². The van der Waals surface area contributed by atoms with Gasteiger partial charge < -0.3 is 9.84 Å². The van der Waals surface area contributed by atoms with Gasteiger partial charge in [0.25, 0.3) is 0 Å². The smallest absolute Gasteiger partial charge is 0.194 e. The number of aryl methyl sites for hydroxylation is 1. The number of hydrogen-bond donors (Lipinski definition) is 1. The quantitative estimate of drug-likeness (QED) is 0.861. The third-order valence-electron chi connectivity index (χ3n) is 4.00. The summed E-state index contributed by atoms with van der Waals surface area (Å²) in [4.78, 5) is 0. The maximum atomic E-state index is 14.0. The molecule has 2 nitrogen and oxygen atoms in total. The molecule has 1 unspecified atom stereocenters. The van der Waals surface area contributed by atoms with Gasteiger partial charge in [0.05, 0.1) is 7.11 Å². The zero-order valence-electron chi connectivity index (χ0n) is 11.3. The minimum absolute atomic E-state index is 0.206. The van der Waals surface area contributed by atoms with Crippen molar-refractivity contribution in [2.75, 3.05) is 7.11 Å². The van der Waals surface area contributed by atoms with E-state index in [4.69, 9.17) is 4.74 Å². The number of methoxy groups -OCH3 is 1. The maximum absolute atomic E-state index is 14.0. The zero-order valence-corrected chi connectivity index (χ0v) is 11.3. The molecule has 0 radical (unpaired) electrons. The molecule has 5 heteroatoms. The highest BCUT2D eigenvalue weighted by Crippen LogP contribution is 2.44. The van der Waals surface area contributed by atoms with Gasteiger partial charge in [-0.25, -0.2) is 13.2 Å². The monoisotopic (exact) mass is 294 g/mol. The van der Waals surface area contributed by atoms with Gasteiger partial charge >= 0.3 is 0 Å². The van der Waals surface area contributed by atoms with Crippen LogP contribution in [0.2, 0.25) is 0 Å². The minimum Gasteiger partial charge on any atom is -0.497 e. The molecule has 21 heavy (non-hydrogen) atoms. The summed E-state index contributed by atoms with van der Waals surface area (Å²) in [5.74, 6) is -3.69. The molecule has 0 fully saturated rings. The highest BCUT2D eigenvalue weighted by Gasteiger charge is 2.41. The standard InChI is InChI=1S/C16H13F3O2/c1-21-10-3-2-9-6-7-16(20,12(9)8-10)11-4-5-13(17)15(19)14(11)18/h2-5,8,20H,6-7H2,1H3. The van der Waals surface area contributed by atoms with Gasteiger partial charge in [0, 0.05) is 5.56 Å². The molecule has 0 bridgehead atoms. The van der Waals surface area contributed by atoms with Crippen molar-refractivity contribution in [3.63, 3.8) is 0 Å². The Morgan fingerprint density at radius 2 is 1.81 bits per heavy atom. The average Bonchev–Trinajstić information content (AvgIpc) is 2.82. The molecule has 1 atom stereocenters. The second kappa shape index (κ2) is 4.77. The van der Waals surface area contributed by atoms with Gasteiger partial charge in [-0.3, -0.25) is 0 Å². The van der Waals surface area contributed by atoms with E-state index < -0.39 is 23.1 Å². The number of halogens is 3. The lowest BCUT2D eigenvalue weighted by Gasteiger charge is -2.25. The summed E-state index contributed by atoms with van der Waals surface area (Å²) >= 11 is 0. The number of fused-ring (bicyclic) bond motifs is 1. The molecule has 1 aliphatic rings. The lowest BCUT2D eigenvalue weighted by atomic mass is 9.87. The van der Waals surface area contributed by atoms with Gasteiger partial charge in [0.15, 0.2) is 17.5 Å². The van der Waals surface area contributed by atoms with E-state index in [0.29, 0.717) is 17.7 Å². The van der Waals surface area contributed by atoms with E-state index in [1.807, 2.05) is 0 Å². The molecule has 0 heterocycles. The first-order chi connectivity index (χ1) is 9.97. The Hall–Kier alpha value is -2.01. The fourth-order valence-corrected chi connectivity index (χ4v) is 2.86. The molecule has 0 spiro atoms. The fourth-order valence-electron chi connectivity index (χ4n) is 2.86. The summed E-state index contributed by atoms with van der Waals surface area (Å²) in [6.07, 6.45) is 0.728. The molecule has 2 aromatic rings. The Morgan fingerprint density at radius 3 is 2.52 bits per heavy atom. The summed E-state index contributed by atoms with van der Waals surface area (Å²) < 4.78 is 45.7. The van der Waals surface area contributed by atoms with Crippen molar-refractivity contribution in [2.24, 2.45) is 0 Å². The van der Waals surface area contributed by atoms with Crippen LogP contribution in [0.3, 0.4) is 0 Å². The summed E-state index contributed by atoms with van der Waals surface area (Å²) in [6, 6.07) is 7.03. The number of rotatable bonds is 2. The van der Waals surface area contributed by atoms with Crippen molar-refractivity contribution < 1.29 is 23.0 Å². The molecule has 0 aromatic heterocycles. The molecule has 0 amide bonds.